The number of aliphatic hydroxyl groups excluding tert-OH is 1. The third kappa shape index (κ3) is 5.69. The van der Waals surface area contributed by atoms with E-state index in [2.05, 4.69) is 5.18 Å². The molecule has 154 valence electrons. The summed E-state index contributed by atoms with van der Waals surface area (Å²) in [4.78, 5) is 55.9. The third-order valence-corrected chi connectivity index (χ3v) is 7.65. The summed E-state index contributed by atoms with van der Waals surface area (Å²) in [5, 5.41) is 13.0. The molecule has 0 amide bonds. The van der Waals surface area contributed by atoms with Gasteiger partial charge in [-0.15, -0.1) is 0 Å². The molecule has 1 aliphatic heterocycles. The summed E-state index contributed by atoms with van der Waals surface area (Å²) in [6, 6.07) is -0.312. The Morgan fingerprint density at radius 2 is 2.15 bits per heavy atom. The summed E-state index contributed by atoms with van der Waals surface area (Å²) in [7, 11) is -5.52. The third-order valence-electron chi connectivity index (χ3n) is 3.83. The van der Waals surface area contributed by atoms with Crippen molar-refractivity contribution in [2.24, 2.45) is 5.18 Å². The second-order valence-corrected chi connectivity index (χ2v) is 9.79. The van der Waals surface area contributed by atoms with Crippen molar-refractivity contribution < 1.29 is 28.5 Å². The van der Waals surface area contributed by atoms with Crippen molar-refractivity contribution in [3.63, 3.8) is 0 Å². The minimum atomic E-state index is -4.44. The van der Waals surface area contributed by atoms with Gasteiger partial charge in [-0.2, -0.15) is 0 Å². The summed E-state index contributed by atoms with van der Waals surface area (Å²) in [6.07, 6.45) is -1.34. The van der Waals surface area contributed by atoms with Crippen molar-refractivity contribution in [2.45, 2.75) is 37.8 Å². The number of rotatable bonds is 9. The Bertz CT molecular complexity index is 755. The molecule has 1 aromatic rings. The molecule has 27 heavy (non-hydrogen) atoms. The van der Waals surface area contributed by atoms with Gasteiger partial charge in [-0.3, -0.25) is 0 Å². The summed E-state index contributed by atoms with van der Waals surface area (Å²) < 4.78 is 16.5. The molecule has 0 spiro atoms. The minimum absolute atomic E-state index is 0.490. The zero-order valence-corrected chi connectivity index (χ0v) is 16.6. The van der Waals surface area contributed by atoms with Gasteiger partial charge in [0, 0.05) is 0 Å². The van der Waals surface area contributed by atoms with Gasteiger partial charge in [0.05, 0.1) is 0 Å². The first-order chi connectivity index (χ1) is 12.7. The predicted octanol–water partition coefficient (Wildman–Crippen LogP) is -0.206. The molecular weight excluding hydrogens is 404 g/mol. The van der Waals surface area contributed by atoms with E-state index in [0.717, 1.165) is 23.3 Å². The van der Waals surface area contributed by atoms with Crippen LogP contribution in [0.15, 0.2) is 27.0 Å². The number of ether oxygens (including phenoxy) is 1. The number of aromatic nitrogens is 2. The first kappa shape index (κ1) is 22.2. The number of hydrogen-bond donors (Lipinski definition) is 4. The number of nitrogens with one attached hydrogen (secondary N) is 1. The van der Waals surface area contributed by atoms with Crippen molar-refractivity contribution in [3.05, 3.63) is 38.0 Å². The van der Waals surface area contributed by atoms with E-state index in [1.807, 2.05) is 11.9 Å². The molecule has 5 atom stereocenters. The number of aliphatic hydroxyl groups is 1. The van der Waals surface area contributed by atoms with Crippen LogP contribution in [-0.2, 0) is 13.6 Å². The van der Waals surface area contributed by atoms with Crippen molar-refractivity contribution in [2.75, 3.05) is 19.4 Å². The zero-order valence-electron chi connectivity index (χ0n) is 14.7. The van der Waals surface area contributed by atoms with E-state index in [4.69, 9.17) is 13.6 Å². The van der Waals surface area contributed by atoms with E-state index in [-0.39, 0.29) is 0 Å². The molecule has 1 fully saturated rings. The first-order valence-electron chi connectivity index (χ1n) is 8.15. The maximum absolute atomic E-state index is 11.9. The Balaban J connectivity index is 2.07. The monoisotopic (exact) mass is 427 g/mol. The molecule has 1 aliphatic rings. The molecule has 1 saturated heterocycles. The molecule has 12 nitrogen and oxygen atoms in total. The summed E-state index contributed by atoms with van der Waals surface area (Å²) in [5.74, 6) is 0. The SMILES string of the molecule is CCCP(C)O[PH](O)(O)OCC1OC(n2ccc(=O)[nH]c2=O)C(N=O)C1O. The number of hydrogen-bond acceptors (Lipinski definition) is 10. The fourth-order valence-electron chi connectivity index (χ4n) is 2.62. The van der Waals surface area contributed by atoms with Crippen LogP contribution in [0.1, 0.15) is 19.6 Å². The molecule has 2 rings (SSSR count). The van der Waals surface area contributed by atoms with Crippen molar-refractivity contribution in [3.8, 4) is 0 Å². The maximum atomic E-state index is 11.9. The van der Waals surface area contributed by atoms with Gasteiger partial charge >= 0.3 is 155 Å². The molecule has 14 heteroatoms. The van der Waals surface area contributed by atoms with Gasteiger partial charge in [-0.05, 0) is 0 Å². The molecule has 1 aromatic heterocycles. The molecule has 2 heterocycles. The fraction of sp³-hybridized carbons (Fsp3) is 0.692. The molecular formula is C13H23N3O9P2. The Hall–Kier alpha value is -1.10. The van der Waals surface area contributed by atoms with Crippen LogP contribution in [0.4, 0.5) is 0 Å². The Morgan fingerprint density at radius 1 is 1.44 bits per heavy atom. The average Bonchev–Trinajstić information content (AvgIpc) is 2.88. The molecule has 0 aliphatic carbocycles. The Labute approximate surface area is 155 Å². The van der Waals surface area contributed by atoms with E-state index in [0.29, 0.717) is 6.16 Å². The van der Waals surface area contributed by atoms with Crippen LogP contribution in [0.25, 0.3) is 0 Å². The van der Waals surface area contributed by atoms with Crippen molar-refractivity contribution in [1.29, 1.82) is 0 Å². The first-order valence-corrected chi connectivity index (χ1v) is 11.7. The van der Waals surface area contributed by atoms with Gasteiger partial charge < -0.3 is 0 Å². The second-order valence-electron chi connectivity index (χ2n) is 5.97. The predicted molar refractivity (Wildman–Crippen MR) is 98.6 cm³/mol. The standard InChI is InChI=1S/C13H23N3O9P2/c1-3-6-26(2)25-27(21,22)23-7-8-11(18)10(15-20)12(24-8)16-5-4-9(17)14-13(16)19/h4-5,8,10-12,18,21-22,27H,3,6-7H2,1-2H3,(H,14,17,19). The molecule has 0 radical (unpaired) electrons. The van der Waals surface area contributed by atoms with Gasteiger partial charge in [0.1, 0.15) is 0 Å². The topological polar surface area (TPSA) is 173 Å². The molecule has 0 bridgehead atoms. The van der Waals surface area contributed by atoms with Crippen LogP contribution < -0.4 is 11.2 Å². The fourth-order valence-corrected chi connectivity index (χ4v) is 5.83. The number of aromatic amines is 1. The van der Waals surface area contributed by atoms with E-state index < -0.39 is 58.7 Å². The number of nitroso groups, excluding NO2 is 1. The Morgan fingerprint density at radius 3 is 2.74 bits per heavy atom. The number of nitrogens with zero attached hydrogens (tertiary/aromatic N) is 2. The zero-order chi connectivity index (χ0) is 20.2. The molecule has 4 N–H and O–H groups in total. The summed E-state index contributed by atoms with van der Waals surface area (Å²) in [6.45, 7) is 3.16. The van der Waals surface area contributed by atoms with Crippen LogP contribution in [0.5, 0.6) is 0 Å². The second kappa shape index (κ2) is 9.40. The number of H-pyrrole nitrogens is 1. The molecule has 5 unspecified atom stereocenters. The van der Waals surface area contributed by atoms with Gasteiger partial charge in [0.25, 0.3) is 0 Å². The van der Waals surface area contributed by atoms with Crippen LogP contribution in [0.2, 0.25) is 0 Å². The Kier molecular flexibility index (Phi) is 7.73. The van der Waals surface area contributed by atoms with E-state index >= 15 is 0 Å². The molecule has 0 aromatic carbocycles. The van der Waals surface area contributed by atoms with Gasteiger partial charge in [-0.25, -0.2) is 0 Å². The van der Waals surface area contributed by atoms with Gasteiger partial charge in [0.2, 0.25) is 0 Å². The quantitative estimate of drug-likeness (QED) is 0.307. The molecule has 0 saturated carbocycles. The summed E-state index contributed by atoms with van der Waals surface area (Å²) >= 11 is 0. The van der Waals surface area contributed by atoms with E-state index in [9.17, 15) is 29.4 Å². The van der Waals surface area contributed by atoms with Crippen LogP contribution >= 0.6 is 16.3 Å². The summed E-state index contributed by atoms with van der Waals surface area (Å²) in [5.41, 5.74) is -1.48. The van der Waals surface area contributed by atoms with Crippen molar-refractivity contribution in [1.82, 2.24) is 9.55 Å². The average molecular weight is 427 g/mol. The van der Waals surface area contributed by atoms with Crippen molar-refractivity contribution >= 4 is 16.3 Å². The van der Waals surface area contributed by atoms with Crippen LogP contribution in [-0.4, -0.2) is 62.1 Å². The van der Waals surface area contributed by atoms with Gasteiger partial charge in [0.15, 0.2) is 0 Å². The normalized spacial score (nSPS) is 27.4. The van der Waals surface area contributed by atoms with Crippen LogP contribution in [0.3, 0.4) is 0 Å². The van der Waals surface area contributed by atoms with E-state index in [1.54, 1.807) is 6.66 Å². The van der Waals surface area contributed by atoms with Gasteiger partial charge in [-0.1, -0.05) is 0 Å². The van der Waals surface area contributed by atoms with Crippen LogP contribution in [0, 0.1) is 4.91 Å². The van der Waals surface area contributed by atoms with E-state index in [1.165, 1.54) is 0 Å².